The van der Waals surface area contributed by atoms with Gasteiger partial charge in [0.2, 0.25) is 0 Å². The topological polar surface area (TPSA) is 76.9 Å². The molecule has 0 saturated carbocycles. The fraction of sp³-hybridized carbons (Fsp3) is 0.500. The maximum absolute atomic E-state index is 13.0. The van der Waals surface area contributed by atoms with Crippen LogP contribution in [-0.4, -0.2) is 83.6 Å². The summed E-state index contributed by atoms with van der Waals surface area (Å²) in [7, 11) is 0. The van der Waals surface area contributed by atoms with E-state index in [0.29, 0.717) is 37.5 Å². The highest BCUT2D eigenvalue weighted by molar-refractivity contribution is 6.01. The highest BCUT2D eigenvalue weighted by Gasteiger charge is 2.31. The van der Waals surface area contributed by atoms with E-state index >= 15 is 0 Å². The molecule has 0 spiro atoms. The second kappa shape index (κ2) is 12.6. The number of halogens is 3. The quantitative estimate of drug-likeness (QED) is 0.333. The second-order valence-electron chi connectivity index (χ2n) is 10.8. The molecule has 0 radical (unpaired) electrons. The van der Waals surface area contributed by atoms with E-state index in [9.17, 15) is 22.8 Å². The number of rotatable bonds is 9. The molecule has 11 heteroatoms. The molecule has 0 aliphatic carbocycles. The fourth-order valence-corrected chi connectivity index (χ4v) is 5.66. The number of fused-ring (bicyclic) bond motifs is 1. The summed E-state index contributed by atoms with van der Waals surface area (Å²) in [5.74, 6) is -0.0676. The van der Waals surface area contributed by atoms with Gasteiger partial charge in [-0.3, -0.25) is 19.2 Å². The monoisotopic (exact) mass is 572 g/mol. The number of nitrogens with zero attached hydrogens (tertiary/aromatic N) is 4. The van der Waals surface area contributed by atoms with Crippen LogP contribution in [0.25, 0.3) is 10.9 Å². The number of Topliss-reactive ketones (excluding diaryl/α,β-unsaturated/α-hetero) is 1. The zero-order valence-electron chi connectivity index (χ0n) is 23.2. The standard InChI is InChI=1S/C30H35F3N4O4/c1-21-25(28(38)3-2-12-35-15-17-40-18-16-35)8-9-27-26(21)20-37(34-27)19-22-10-13-36(14-11-22)29(39)23-4-6-24(7-5-23)41-30(31,32)33/h4-9,20,22H,2-3,10-19H2,1H3. The molecular weight excluding hydrogens is 537 g/mol. The first-order chi connectivity index (χ1) is 19.7. The first-order valence-electron chi connectivity index (χ1n) is 14.1. The summed E-state index contributed by atoms with van der Waals surface area (Å²) in [5, 5.41) is 5.72. The number of likely N-dealkylation sites (tertiary alicyclic amines) is 1. The summed E-state index contributed by atoms with van der Waals surface area (Å²) in [6.07, 6.45) is 0.175. The predicted molar refractivity (Wildman–Crippen MR) is 147 cm³/mol. The Hall–Kier alpha value is -3.44. The molecule has 3 aromatic rings. The van der Waals surface area contributed by atoms with Gasteiger partial charge in [-0.1, -0.05) is 0 Å². The van der Waals surface area contributed by atoms with Crippen molar-refractivity contribution < 1.29 is 32.2 Å². The second-order valence-corrected chi connectivity index (χ2v) is 10.8. The summed E-state index contributed by atoms with van der Waals surface area (Å²) in [6.45, 7) is 8.08. The van der Waals surface area contributed by atoms with Crippen molar-refractivity contribution in [3.63, 3.8) is 0 Å². The number of benzene rings is 2. The van der Waals surface area contributed by atoms with Gasteiger partial charge in [0.1, 0.15) is 5.75 Å². The van der Waals surface area contributed by atoms with Crippen molar-refractivity contribution in [3.8, 4) is 5.75 Å². The van der Waals surface area contributed by atoms with E-state index in [-0.39, 0.29) is 17.4 Å². The van der Waals surface area contributed by atoms with E-state index in [0.717, 1.165) is 86.3 Å². The number of alkyl halides is 3. The number of ketones is 1. The van der Waals surface area contributed by atoms with E-state index < -0.39 is 6.36 Å². The van der Waals surface area contributed by atoms with Crippen molar-refractivity contribution in [1.29, 1.82) is 0 Å². The minimum atomic E-state index is -4.77. The van der Waals surface area contributed by atoms with E-state index in [1.165, 1.54) is 12.1 Å². The van der Waals surface area contributed by atoms with Gasteiger partial charge in [0.25, 0.3) is 5.91 Å². The molecule has 8 nitrogen and oxygen atoms in total. The minimum absolute atomic E-state index is 0.157. The van der Waals surface area contributed by atoms with Gasteiger partial charge in [-0.15, -0.1) is 13.2 Å². The molecule has 0 N–H and O–H groups in total. The van der Waals surface area contributed by atoms with Gasteiger partial charge in [0.15, 0.2) is 5.78 Å². The summed E-state index contributed by atoms with van der Waals surface area (Å²) in [5.41, 5.74) is 2.90. The largest absolute Gasteiger partial charge is 0.573 e. The van der Waals surface area contributed by atoms with Crippen molar-refractivity contribution in [2.45, 2.75) is 45.5 Å². The van der Waals surface area contributed by atoms with Gasteiger partial charge in [-0.2, -0.15) is 5.10 Å². The van der Waals surface area contributed by atoms with Gasteiger partial charge >= 0.3 is 6.36 Å². The Morgan fingerprint density at radius 2 is 1.73 bits per heavy atom. The number of ether oxygens (including phenoxy) is 2. The van der Waals surface area contributed by atoms with Crippen LogP contribution in [0.3, 0.4) is 0 Å². The van der Waals surface area contributed by atoms with Crippen LogP contribution in [-0.2, 0) is 11.3 Å². The SMILES string of the molecule is Cc1c(C(=O)CCCN2CCOCC2)ccc2nn(CC3CCN(C(=O)c4ccc(OC(F)(F)F)cc4)CC3)cc12. The molecule has 0 bridgehead atoms. The maximum Gasteiger partial charge on any atom is 0.573 e. The third-order valence-electron chi connectivity index (χ3n) is 7.97. The molecule has 41 heavy (non-hydrogen) atoms. The third kappa shape index (κ3) is 7.45. The Balaban J connectivity index is 1.13. The lowest BCUT2D eigenvalue weighted by atomic mass is 9.96. The van der Waals surface area contributed by atoms with Crippen molar-refractivity contribution in [3.05, 3.63) is 59.3 Å². The minimum Gasteiger partial charge on any atom is -0.406 e. The molecule has 5 rings (SSSR count). The van der Waals surface area contributed by atoms with Crippen LogP contribution in [0.4, 0.5) is 13.2 Å². The number of hydrogen-bond acceptors (Lipinski definition) is 6. The van der Waals surface area contributed by atoms with Gasteiger partial charge < -0.3 is 14.4 Å². The molecule has 2 aliphatic rings. The molecule has 220 valence electrons. The highest BCUT2D eigenvalue weighted by Crippen LogP contribution is 2.27. The predicted octanol–water partition coefficient (Wildman–Crippen LogP) is 5.09. The summed E-state index contributed by atoms with van der Waals surface area (Å²) < 4.78 is 48.4. The van der Waals surface area contributed by atoms with E-state index in [1.54, 1.807) is 4.90 Å². The van der Waals surface area contributed by atoms with Gasteiger partial charge in [-0.25, -0.2) is 0 Å². The average Bonchev–Trinajstić information content (AvgIpc) is 3.37. The molecule has 2 saturated heterocycles. The Bertz CT molecular complexity index is 1360. The van der Waals surface area contributed by atoms with Crippen LogP contribution in [0.5, 0.6) is 5.75 Å². The maximum atomic E-state index is 13.0. The van der Waals surface area contributed by atoms with Crippen LogP contribution in [0, 0.1) is 12.8 Å². The van der Waals surface area contributed by atoms with Crippen molar-refractivity contribution in [1.82, 2.24) is 19.6 Å². The molecule has 0 unspecified atom stereocenters. The lowest BCUT2D eigenvalue weighted by Crippen LogP contribution is -2.39. The molecular formula is C30H35F3N4O4. The molecule has 3 heterocycles. The molecule has 2 aliphatic heterocycles. The van der Waals surface area contributed by atoms with Crippen molar-refractivity contribution >= 4 is 22.6 Å². The smallest absolute Gasteiger partial charge is 0.406 e. The van der Waals surface area contributed by atoms with Crippen molar-refractivity contribution in [2.24, 2.45) is 5.92 Å². The molecule has 0 atom stereocenters. The van der Waals surface area contributed by atoms with Crippen molar-refractivity contribution in [2.75, 3.05) is 45.9 Å². The van der Waals surface area contributed by atoms with Crippen LogP contribution < -0.4 is 4.74 Å². The molecule has 1 amide bonds. The van der Waals surface area contributed by atoms with Crippen LogP contribution in [0.1, 0.15) is 52.0 Å². The van der Waals surface area contributed by atoms with E-state index in [2.05, 4.69) is 9.64 Å². The summed E-state index contributed by atoms with van der Waals surface area (Å²) in [4.78, 5) is 29.9. The Morgan fingerprint density at radius 1 is 1.02 bits per heavy atom. The summed E-state index contributed by atoms with van der Waals surface area (Å²) >= 11 is 0. The number of carbonyl (C=O) groups is 2. The third-order valence-corrected chi connectivity index (χ3v) is 7.97. The zero-order chi connectivity index (χ0) is 29.0. The number of aromatic nitrogens is 2. The number of carbonyl (C=O) groups excluding carboxylic acids is 2. The lowest BCUT2D eigenvalue weighted by molar-refractivity contribution is -0.274. The lowest BCUT2D eigenvalue weighted by Gasteiger charge is -2.32. The number of hydrogen-bond donors (Lipinski definition) is 0. The molecule has 2 aromatic carbocycles. The van der Waals surface area contributed by atoms with Crippen LogP contribution in [0.2, 0.25) is 0 Å². The number of piperidine rings is 1. The first kappa shape index (κ1) is 29.1. The fourth-order valence-electron chi connectivity index (χ4n) is 5.66. The van der Waals surface area contributed by atoms with E-state index in [4.69, 9.17) is 9.84 Å². The van der Waals surface area contributed by atoms with Crippen LogP contribution in [0.15, 0.2) is 42.6 Å². The van der Waals surface area contributed by atoms with Crippen LogP contribution >= 0.6 is 0 Å². The zero-order valence-corrected chi connectivity index (χ0v) is 23.2. The number of amides is 1. The van der Waals surface area contributed by atoms with Gasteiger partial charge in [0, 0.05) is 61.9 Å². The first-order valence-corrected chi connectivity index (χ1v) is 14.1. The Kier molecular flexibility index (Phi) is 8.94. The molecule has 2 fully saturated rings. The average molecular weight is 573 g/mol. The highest BCUT2D eigenvalue weighted by atomic mass is 19.4. The number of aryl methyl sites for hydroxylation is 1. The Morgan fingerprint density at radius 3 is 2.41 bits per heavy atom. The summed E-state index contributed by atoms with van der Waals surface area (Å²) in [6, 6.07) is 8.83. The van der Waals surface area contributed by atoms with E-state index in [1.807, 2.05) is 29.9 Å². The number of morpholine rings is 1. The normalized spacial score (nSPS) is 17.2. The molecule has 1 aromatic heterocycles. The van der Waals surface area contributed by atoms with Gasteiger partial charge in [-0.05, 0) is 80.6 Å². The Labute approximate surface area is 237 Å². The van der Waals surface area contributed by atoms with Gasteiger partial charge in [0.05, 0.1) is 18.7 Å².